The van der Waals surface area contributed by atoms with Gasteiger partial charge in [-0.3, -0.25) is 0 Å². The molecule has 1 aromatic heterocycles. The minimum absolute atomic E-state index is 0.447. The summed E-state index contributed by atoms with van der Waals surface area (Å²) in [5.74, 6) is 1.16. The van der Waals surface area contributed by atoms with Crippen molar-refractivity contribution in [1.29, 1.82) is 0 Å². The normalized spacial score (nSPS) is 13.4. The van der Waals surface area contributed by atoms with E-state index in [1.54, 1.807) is 11.3 Å². The van der Waals surface area contributed by atoms with Crippen LogP contribution in [0.25, 0.3) is 0 Å². The topological polar surface area (TPSA) is 42.2 Å². The molecule has 0 saturated carbocycles. The Morgan fingerprint density at radius 1 is 1.22 bits per heavy atom. The number of nitrogens with two attached hydrogens (primary N) is 1. The van der Waals surface area contributed by atoms with Crippen molar-refractivity contribution in [3.05, 3.63) is 10.6 Å². The fourth-order valence-corrected chi connectivity index (χ4v) is 3.29. The lowest BCUT2D eigenvalue weighted by molar-refractivity contribution is 0.503. The molecule has 1 atom stereocenters. The molecule has 0 spiro atoms. The SMILES string of the molecule is CC(C)CC(C)N(C)c1nc(C(C)C)c(CN)s1. The molecule has 0 fully saturated rings. The highest BCUT2D eigenvalue weighted by Gasteiger charge is 2.19. The largest absolute Gasteiger partial charge is 0.348 e. The molecule has 1 aromatic rings. The zero-order chi connectivity index (χ0) is 13.9. The molecule has 0 amide bonds. The van der Waals surface area contributed by atoms with Gasteiger partial charge in [-0.1, -0.05) is 27.7 Å². The van der Waals surface area contributed by atoms with Gasteiger partial charge in [0, 0.05) is 24.5 Å². The number of thiazole rings is 1. The molecular formula is C14H27N3S. The van der Waals surface area contributed by atoms with E-state index in [2.05, 4.69) is 46.6 Å². The van der Waals surface area contributed by atoms with Crippen molar-refractivity contribution in [2.45, 2.75) is 59.5 Å². The van der Waals surface area contributed by atoms with Gasteiger partial charge in [-0.05, 0) is 25.2 Å². The summed E-state index contributed by atoms with van der Waals surface area (Å²) in [5, 5.41) is 1.10. The number of rotatable bonds is 6. The zero-order valence-corrected chi connectivity index (χ0v) is 13.3. The Hall–Kier alpha value is -0.610. The van der Waals surface area contributed by atoms with Gasteiger partial charge < -0.3 is 10.6 Å². The average molecular weight is 269 g/mol. The second-order valence-corrected chi connectivity index (χ2v) is 6.82. The molecule has 0 bridgehead atoms. The minimum Gasteiger partial charge on any atom is -0.348 e. The van der Waals surface area contributed by atoms with Crippen molar-refractivity contribution >= 4 is 16.5 Å². The standard InChI is InChI=1S/C14H27N3S/c1-9(2)7-11(5)17(6)14-16-13(10(3)4)12(8-15)18-14/h9-11H,7-8,15H2,1-6H3. The predicted octanol–water partition coefficient (Wildman–Crippen LogP) is 3.60. The van der Waals surface area contributed by atoms with E-state index in [1.807, 2.05) is 0 Å². The van der Waals surface area contributed by atoms with Gasteiger partial charge >= 0.3 is 0 Å². The number of hydrogen-bond donors (Lipinski definition) is 1. The first-order valence-electron chi connectivity index (χ1n) is 6.79. The molecule has 3 nitrogen and oxygen atoms in total. The molecule has 1 rings (SSSR count). The van der Waals surface area contributed by atoms with E-state index in [-0.39, 0.29) is 0 Å². The Kier molecular flexibility index (Phi) is 5.60. The molecule has 1 unspecified atom stereocenters. The number of anilines is 1. The van der Waals surface area contributed by atoms with Crippen LogP contribution in [-0.4, -0.2) is 18.1 Å². The van der Waals surface area contributed by atoms with E-state index < -0.39 is 0 Å². The number of hydrogen-bond acceptors (Lipinski definition) is 4. The molecule has 4 heteroatoms. The van der Waals surface area contributed by atoms with Gasteiger partial charge in [-0.2, -0.15) is 0 Å². The van der Waals surface area contributed by atoms with Gasteiger partial charge in [0.15, 0.2) is 5.13 Å². The monoisotopic (exact) mass is 269 g/mol. The zero-order valence-electron chi connectivity index (χ0n) is 12.5. The Morgan fingerprint density at radius 2 is 1.83 bits per heavy atom. The fraction of sp³-hybridized carbons (Fsp3) is 0.786. The van der Waals surface area contributed by atoms with Crippen LogP contribution in [0, 0.1) is 5.92 Å². The van der Waals surface area contributed by atoms with Crippen molar-refractivity contribution in [3.8, 4) is 0 Å². The van der Waals surface area contributed by atoms with Gasteiger partial charge in [0.2, 0.25) is 0 Å². The lowest BCUT2D eigenvalue weighted by Gasteiger charge is -2.25. The van der Waals surface area contributed by atoms with Crippen LogP contribution in [0.3, 0.4) is 0 Å². The third kappa shape index (κ3) is 3.69. The van der Waals surface area contributed by atoms with Crippen LogP contribution >= 0.6 is 11.3 Å². The van der Waals surface area contributed by atoms with Gasteiger partial charge in [0.1, 0.15) is 0 Å². The van der Waals surface area contributed by atoms with Crippen molar-refractivity contribution in [3.63, 3.8) is 0 Å². The molecule has 0 aliphatic rings. The maximum atomic E-state index is 5.81. The third-order valence-corrected chi connectivity index (χ3v) is 4.41. The van der Waals surface area contributed by atoms with Crippen LogP contribution in [-0.2, 0) is 6.54 Å². The first kappa shape index (κ1) is 15.4. The van der Waals surface area contributed by atoms with Crippen LogP contribution in [0.1, 0.15) is 57.5 Å². The van der Waals surface area contributed by atoms with Gasteiger partial charge in [0.05, 0.1) is 5.69 Å². The molecule has 18 heavy (non-hydrogen) atoms. The van der Waals surface area contributed by atoms with Crippen molar-refractivity contribution in [1.82, 2.24) is 4.98 Å². The maximum Gasteiger partial charge on any atom is 0.185 e. The molecule has 0 aliphatic heterocycles. The first-order valence-corrected chi connectivity index (χ1v) is 7.60. The fourth-order valence-electron chi connectivity index (χ4n) is 2.13. The summed E-state index contributed by atoms with van der Waals surface area (Å²) in [4.78, 5) is 8.29. The van der Waals surface area contributed by atoms with E-state index in [0.717, 1.165) is 5.13 Å². The summed E-state index contributed by atoms with van der Waals surface area (Å²) in [5.41, 5.74) is 6.98. The van der Waals surface area contributed by atoms with Crippen LogP contribution in [0.5, 0.6) is 0 Å². The molecular weight excluding hydrogens is 242 g/mol. The molecule has 104 valence electrons. The van der Waals surface area contributed by atoms with Crippen molar-refractivity contribution < 1.29 is 0 Å². The Labute approximate surface area is 115 Å². The highest BCUT2D eigenvalue weighted by atomic mass is 32.1. The van der Waals surface area contributed by atoms with E-state index in [4.69, 9.17) is 10.7 Å². The first-order chi connectivity index (χ1) is 8.36. The lowest BCUT2D eigenvalue weighted by atomic mass is 10.0. The molecule has 2 N–H and O–H groups in total. The highest BCUT2D eigenvalue weighted by molar-refractivity contribution is 7.15. The van der Waals surface area contributed by atoms with Gasteiger partial charge in [-0.15, -0.1) is 11.3 Å². The smallest absolute Gasteiger partial charge is 0.185 e. The molecule has 1 heterocycles. The Bertz CT molecular complexity index is 371. The molecule has 0 aromatic carbocycles. The summed E-state index contributed by atoms with van der Waals surface area (Å²) >= 11 is 1.74. The number of aromatic nitrogens is 1. The lowest BCUT2D eigenvalue weighted by Crippen LogP contribution is -2.29. The van der Waals surface area contributed by atoms with E-state index in [0.29, 0.717) is 24.4 Å². The van der Waals surface area contributed by atoms with Crippen LogP contribution in [0.4, 0.5) is 5.13 Å². The molecule has 0 saturated heterocycles. The highest BCUT2D eigenvalue weighted by Crippen LogP contribution is 2.31. The van der Waals surface area contributed by atoms with Crippen LogP contribution in [0.15, 0.2) is 0 Å². The predicted molar refractivity (Wildman–Crippen MR) is 81.4 cm³/mol. The summed E-state index contributed by atoms with van der Waals surface area (Å²) in [6, 6.07) is 0.516. The van der Waals surface area contributed by atoms with Crippen LogP contribution < -0.4 is 10.6 Å². The Balaban J connectivity index is 2.89. The van der Waals surface area contributed by atoms with E-state index >= 15 is 0 Å². The second-order valence-electron chi connectivity index (χ2n) is 5.75. The quantitative estimate of drug-likeness (QED) is 0.858. The molecule has 0 radical (unpaired) electrons. The summed E-state index contributed by atoms with van der Waals surface area (Å²) in [6.07, 6.45) is 1.19. The maximum absolute atomic E-state index is 5.81. The average Bonchev–Trinajstić information content (AvgIpc) is 2.70. The second kappa shape index (κ2) is 6.53. The van der Waals surface area contributed by atoms with Gasteiger partial charge in [0.25, 0.3) is 0 Å². The Morgan fingerprint density at radius 3 is 2.22 bits per heavy atom. The van der Waals surface area contributed by atoms with E-state index in [9.17, 15) is 0 Å². The summed E-state index contributed by atoms with van der Waals surface area (Å²) < 4.78 is 0. The van der Waals surface area contributed by atoms with Crippen molar-refractivity contribution in [2.24, 2.45) is 11.7 Å². The van der Waals surface area contributed by atoms with Crippen LogP contribution in [0.2, 0.25) is 0 Å². The number of nitrogens with zero attached hydrogens (tertiary/aromatic N) is 2. The molecule has 0 aliphatic carbocycles. The van der Waals surface area contributed by atoms with Crippen molar-refractivity contribution in [2.75, 3.05) is 11.9 Å². The summed E-state index contributed by atoms with van der Waals surface area (Å²) in [6.45, 7) is 11.7. The third-order valence-electron chi connectivity index (χ3n) is 3.22. The van der Waals surface area contributed by atoms with Gasteiger partial charge in [-0.25, -0.2) is 4.98 Å². The van der Waals surface area contributed by atoms with E-state index in [1.165, 1.54) is 17.0 Å². The summed E-state index contributed by atoms with van der Waals surface area (Å²) in [7, 11) is 2.14. The minimum atomic E-state index is 0.447.